The molecule has 11 heteroatoms. The summed E-state index contributed by atoms with van der Waals surface area (Å²) in [5.41, 5.74) is 0.791. The SMILES string of the molecule is COc1ccc(CNC(=O)CN(C(=O)c2ccc[nH]2)C(C(=O)NC(C)(C)C)c2cc(OC)c(OC)c(OC)c2)cc1. The maximum absolute atomic E-state index is 13.9. The molecule has 3 amide bonds. The Bertz CT molecular complexity index is 1310. The summed E-state index contributed by atoms with van der Waals surface area (Å²) in [6.45, 7) is 5.30. The molecule has 11 nitrogen and oxygen atoms in total. The van der Waals surface area contributed by atoms with Crippen LogP contribution in [0, 0.1) is 0 Å². The number of amides is 3. The number of nitrogens with zero attached hydrogens (tertiary/aromatic N) is 1. The second-order valence-electron chi connectivity index (χ2n) is 10.2. The predicted octanol–water partition coefficient (Wildman–Crippen LogP) is 3.46. The molecule has 0 spiro atoms. The minimum Gasteiger partial charge on any atom is -0.497 e. The van der Waals surface area contributed by atoms with Crippen LogP contribution in [0.1, 0.15) is 48.4 Å². The highest BCUT2D eigenvalue weighted by atomic mass is 16.5. The Morgan fingerprint density at radius 1 is 0.902 bits per heavy atom. The summed E-state index contributed by atoms with van der Waals surface area (Å²) in [6.07, 6.45) is 1.60. The minimum atomic E-state index is -1.23. The normalized spacial score (nSPS) is 11.7. The third kappa shape index (κ3) is 7.93. The standard InChI is InChI=1S/C30H38N4O7/c1-30(2,3)33-28(36)26(20-15-23(39-5)27(41-7)24(16-20)40-6)34(29(37)22-9-8-14-31-22)18-25(35)32-17-19-10-12-21(38-4)13-11-19/h8-16,26,31H,17-18H2,1-7H3,(H,32,35)(H,33,36). The van der Waals surface area contributed by atoms with E-state index in [0.717, 1.165) is 5.56 Å². The second kappa shape index (κ2) is 13.6. The van der Waals surface area contributed by atoms with Gasteiger partial charge in [0.2, 0.25) is 17.6 Å². The van der Waals surface area contributed by atoms with Crippen molar-refractivity contribution in [2.75, 3.05) is 35.0 Å². The number of H-pyrrole nitrogens is 1. The van der Waals surface area contributed by atoms with Crippen LogP contribution in [0.15, 0.2) is 54.7 Å². The van der Waals surface area contributed by atoms with Gasteiger partial charge in [-0.1, -0.05) is 12.1 Å². The van der Waals surface area contributed by atoms with Crippen LogP contribution < -0.4 is 29.6 Å². The first kappa shape index (κ1) is 30.9. The average molecular weight is 567 g/mol. The van der Waals surface area contributed by atoms with Gasteiger partial charge in [0, 0.05) is 18.3 Å². The van der Waals surface area contributed by atoms with E-state index >= 15 is 0 Å². The van der Waals surface area contributed by atoms with Crippen LogP contribution in [0.4, 0.5) is 0 Å². The van der Waals surface area contributed by atoms with E-state index in [1.54, 1.807) is 49.7 Å². The number of carbonyl (C=O) groups is 3. The van der Waals surface area contributed by atoms with E-state index in [0.29, 0.717) is 28.6 Å². The van der Waals surface area contributed by atoms with Crippen LogP contribution in [-0.2, 0) is 16.1 Å². The maximum Gasteiger partial charge on any atom is 0.271 e. The minimum absolute atomic E-state index is 0.217. The van der Waals surface area contributed by atoms with Gasteiger partial charge < -0.3 is 39.5 Å². The van der Waals surface area contributed by atoms with Crippen molar-refractivity contribution < 1.29 is 33.3 Å². The van der Waals surface area contributed by atoms with Gasteiger partial charge >= 0.3 is 0 Å². The van der Waals surface area contributed by atoms with Crippen LogP contribution in [0.25, 0.3) is 0 Å². The fourth-order valence-electron chi connectivity index (χ4n) is 4.22. The number of benzene rings is 2. The van der Waals surface area contributed by atoms with Crippen LogP contribution in [0.5, 0.6) is 23.0 Å². The number of carbonyl (C=O) groups excluding carboxylic acids is 3. The maximum atomic E-state index is 13.9. The molecule has 2 aromatic carbocycles. The Labute approximate surface area is 240 Å². The second-order valence-corrected chi connectivity index (χ2v) is 10.2. The van der Waals surface area contributed by atoms with Crippen LogP contribution in [0.2, 0.25) is 0 Å². The zero-order valence-corrected chi connectivity index (χ0v) is 24.5. The van der Waals surface area contributed by atoms with Gasteiger partial charge in [-0.05, 0) is 68.3 Å². The van der Waals surface area contributed by atoms with Crippen molar-refractivity contribution in [2.45, 2.75) is 38.9 Å². The van der Waals surface area contributed by atoms with Gasteiger partial charge in [0.1, 0.15) is 24.0 Å². The van der Waals surface area contributed by atoms with Gasteiger partial charge in [0.25, 0.3) is 5.91 Å². The van der Waals surface area contributed by atoms with E-state index in [9.17, 15) is 14.4 Å². The van der Waals surface area contributed by atoms with Crippen LogP contribution in [-0.4, -0.2) is 68.1 Å². The van der Waals surface area contributed by atoms with Gasteiger partial charge in [-0.25, -0.2) is 0 Å². The molecule has 0 saturated heterocycles. The third-order valence-corrected chi connectivity index (χ3v) is 6.11. The predicted molar refractivity (Wildman–Crippen MR) is 153 cm³/mol. The van der Waals surface area contributed by atoms with Crippen LogP contribution in [0.3, 0.4) is 0 Å². The lowest BCUT2D eigenvalue weighted by atomic mass is 10.00. The largest absolute Gasteiger partial charge is 0.497 e. The molecule has 1 aromatic heterocycles. The van der Waals surface area contributed by atoms with E-state index < -0.39 is 35.8 Å². The number of hydrogen-bond acceptors (Lipinski definition) is 7. The molecule has 0 radical (unpaired) electrons. The van der Waals surface area contributed by atoms with Gasteiger partial charge in [-0.2, -0.15) is 0 Å². The molecule has 0 bridgehead atoms. The molecule has 41 heavy (non-hydrogen) atoms. The molecule has 0 saturated carbocycles. The topological polar surface area (TPSA) is 131 Å². The quantitative estimate of drug-likeness (QED) is 0.306. The molecule has 1 atom stereocenters. The fourth-order valence-corrected chi connectivity index (χ4v) is 4.22. The first-order chi connectivity index (χ1) is 19.5. The highest BCUT2D eigenvalue weighted by Gasteiger charge is 2.36. The molecular formula is C30H38N4O7. The highest BCUT2D eigenvalue weighted by molar-refractivity contribution is 5.99. The van der Waals surface area contributed by atoms with E-state index in [2.05, 4.69) is 15.6 Å². The molecule has 0 aliphatic heterocycles. The molecule has 1 unspecified atom stereocenters. The Hall–Kier alpha value is -4.67. The van der Waals surface area contributed by atoms with Crippen molar-refractivity contribution >= 4 is 17.7 Å². The Morgan fingerprint density at radius 3 is 2.02 bits per heavy atom. The zero-order valence-electron chi connectivity index (χ0n) is 24.5. The molecule has 1 heterocycles. The summed E-state index contributed by atoms with van der Waals surface area (Å²) in [7, 11) is 5.96. The van der Waals surface area contributed by atoms with Crippen molar-refractivity contribution in [3.8, 4) is 23.0 Å². The molecule has 3 aromatic rings. The number of nitrogens with one attached hydrogen (secondary N) is 3. The van der Waals surface area contributed by atoms with Crippen molar-refractivity contribution in [3.63, 3.8) is 0 Å². The third-order valence-electron chi connectivity index (χ3n) is 6.11. The van der Waals surface area contributed by atoms with Crippen molar-refractivity contribution in [2.24, 2.45) is 0 Å². The molecule has 3 rings (SSSR count). The van der Waals surface area contributed by atoms with Gasteiger partial charge in [-0.3, -0.25) is 14.4 Å². The summed E-state index contributed by atoms with van der Waals surface area (Å²) < 4.78 is 21.7. The first-order valence-corrected chi connectivity index (χ1v) is 13.0. The van der Waals surface area contributed by atoms with E-state index in [4.69, 9.17) is 18.9 Å². The lowest BCUT2D eigenvalue weighted by Crippen LogP contribution is -2.51. The molecular weight excluding hydrogens is 528 g/mol. The lowest BCUT2D eigenvalue weighted by Gasteiger charge is -2.33. The smallest absolute Gasteiger partial charge is 0.271 e. The number of hydrogen-bond donors (Lipinski definition) is 3. The lowest BCUT2D eigenvalue weighted by molar-refractivity contribution is -0.129. The summed E-state index contributed by atoms with van der Waals surface area (Å²) in [6, 6.07) is 12.5. The first-order valence-electron chi connectivity index (χ1n) is 13.0. The van der Waals surface area contributed by atoms with Crippen molar-refractivity contribution in [1.29, 1.82) is 0 Å². The summed E-state index contributed by atoms with van der Waals surface area (Å²) in [4.78, 5) is 45.1. The molecule has 0 aliphatic rings. The van der Waals surface area contributed by atoms with Crippen molar-refractivity contribution in [3.05, 3.63) is 71.5 Å². The summed E-state index contributed by atoms with van der Waals surface area (Å²) in [5.74, 6) is 0.126. The molecule has 220 valence electrons. The number of ether oxygens (including phenoxy) is 4. The van der Waals surface area contributed by atoms with Crippen molar-refractivity contribution in [1.82, 2.24) is 20.5 Å². The molecule has 0 aliphatic carbocycles. The summed E-state index contributed by atoms with van der Waals surface area (Å²) >= 11 is 0. The summed E-state index contributed by atoms with van der Waals surface area (Å²) in [5, 5.41) is 5.78. The van der Waals surface area contributed by atoms with Gasteiger partial charge in [0.05, 0.1) is 28.4 Å². The number of rotatable bonds is 12. The monoisotopic (exact) mass is 566 g/mol. The molecule has 0 fully saturated rings. The van der Waals surface area contributed by atoms with Gasteiger partial charge in [0.15, 0.2) is 11.5 Å². The Kier molecular flexibility index (Phi) is 10.2. The highest BCUT2D eigenvalue weighted by Crippen LogP contribution is 2.41. The number of methoxy groups -OCH3 is 4. The zero-order chi connectivity index (χ0) is 30.2. The number of aromatic amines is 1. The van der Waals surface area contributed by atoms with E-state index in [-0.39, 0.29) is 12.2 Å². The molecule has 3 N–H and O–H groups in total. The average Bonchev–Trinajstić information content (AvgIpc) is 3.49. The van der Waals surface area contributed by atoms with E-state index in [1.807, 2.05) is 32.9 Å². The fraction of sp³-hybridized carbons (Fsp3) is 0.367. The number of aromatic nitrogens is 1. The van der Waals surface area contributed by atoms with E-state index in [1.165, 1.54) is 26.2 Å². The Balaban J connectivity index is 2.05. The van der Waals surface area contributed by atoms with Gasteiger partial charge in [-0.15, -0.1) is 0 Å². The van der Waals surface area contributed by atoms with Crippen LogP contribution >= 0.6 is 0 Å². The Morgan fingerprint density at radius 2 is 1.54 bits per heavy atom.